The number of rotatable bonds is 7. The molecule has 2 aromatic heterocycles. The van der Waals surface area contributed by atoms with Crippen LogP contribution in [0.3, 0.4) is 0 Å². The molecule has 0 saturated carbocycles. The van der Waals surface area contributed by atoms with Crippen LogP contribution < -0.4 is 10.6 Å². The largest absolute Gasteiger partial charge is 0.326 e. The molecule has 29 heavy (non-hydrogen) atoms. The van der Waals surface area contributed by atoms with Crippen LogP contribution in [0.2, 0.25) is 0 Å². The first kappa shape index (κ1) is 20.7. The Labute approximate surface area is 174 Å². The summed E-state index contributed by atoms with van der Waals surface area (Å²) in [7, 11) is 1.87. The average Bonchev–Trinajstić information content (AvgIpc) is 3.22. The Balaban J connectivity index is 1.63. The Morgan fingerprint density at radius 3 is 2.45 bits per heavy atom. The Morgan fingerprint density at radius 1 is 1.10 bits per heavy atom. The molecular weight excluding hydrogens is 386 g/mol. The van der Waals surface area contributed by atoms with E-state index in [9.17, 15) is 9.59 Å². The van der Waals surface area contributed by atoms with Crippen molar-refractivity contribution in [2.75, 3.05) is 10.6 Å². The van der Waals surface area contributed by atoms with Crippen LogP contribution in [0.5, 0.6) is 0 Å². The molecule has 0 radical (unpaired) electrons. The third-order valence-electron chi connectivity index (χ3n) is 4.69. The summed E-state index contributed by atoms with van der Waals surface area (Å²) >= 11 is 1.38. The van der Waals surface area contributed by atoms with Crippen molar-refractivity contribution in [3.8, 4) is 11.3 Å². The summed E-state index contributed by atoms with van der Waals surface area (Å²) in [6.45, 7) is 5.84. The van der Waals surface area contributed by atoms with Crippen LogP contribution in [-0.2, 0) is 23.1 Å². The summed E-state index contributed by atoms with van der Waals surface area (Å²) in [4.78, 5) is 28.6. The minimum absolute atomic E-state index is 0.0120. The highest BCUT2D eigenvalue weighted by Gasteiger charge is 2.15. The van der Waals surface area contributed by atoms with Crippen molar-refractivity contribution in [3.63, 3.8) is 0 Å². The monoisotopic (exact) mass is 411 g/mol. The lowest BCUT2D eigenvalue weighted by molar-refractivity contribution is -0.116. The van der Waals surface area contributed by atoms with E-state index in [0.717, 1.165) is 40.3 Å². The number of hydrogen-bond donors (Lipinski definition) is 2. The topological polar surface area (TPSA) is 88.9 Å². The summed E-state index contributed by atoms with van der Waals surface area (Å²) < 4.78 is 1.79. The number of carbonyl (C=O) groups is 2. The van der Waals surface area contributed by atoms with Crippen LogP contribution in [0, 0.1) is 13.8 Å². The molecule has 3 rings (SSSR count). The van der Waals surface area contributed by atoms with Crippen molar-refractivity contribution in [3.05, 3.63) is 46.6 Å². The van der Waals surface area contributed by atoms with E-state index in [1.807, 2.05) is 57.5 Å². The molecule has 0 aliphatic heterocycles. The quantitative estimate of drug-likeness (QED) is 0.613. The van der Waals surface area contributed by atoms with Gasteiger partial charge in [0.15, 0.2) is 5.13 Å². The minimum atomic E-state index is -0.112. The lowest BCUT2D eigenvalue weighted by Gasteiger charge is -2.05. The van der Waals surface area contributed by atoms with Gasteiger partial charge in [0.25, 0.3) is 0 Å². The van der Waals surface area contributed by atoms with E-state index in [4.69, 9.17) is 0 Å². The van der Waals surface area contributed by atoms with Gasteiger partial charge in [-0.25, -0.2) is 4.98 Å². The molecule has 3 aromatic rings. The van der Waals surface area contributed by atoms with Gasteiger partial charge in [-0.2, -0.15) is 5.10 Å². The predicted molar refractivity (Wildman–Crippen MR) is 116 cm³/mol. The maximum Gasteiger partial charge on any atom is 0.230 e. The Kier molecular flexibility index (Phi) is 6.43. The molecule has 1 aromatic carbocycles. The second-order valence-corrected chi connectivity index (χ2v) is 7.77. The normalized spacial score (nSPS) is 10.8. The minimum Gasteiger partial charge on any atom is -0.326 e. The number of aryl methyl sites for hydroxylation is 2. The molecule has 0 aliphatic rings. The van der Waals surface area contributed by atoms with Gasteiger partial charge < -0.3 is 10.6 Å². The summed E-state index contributed by atoms with van der Waals surface area (Å²) in [5.41, 5.74) is 5.27. The van der Waals surface area contributed by atoms with Crippen LogP contribution in [0.4, 0.5) is 10.8 Å². The van der Waals surface area contributed by atoms with E-state index in [2.05, 4.69) is 20.7 Å². The molecule has 0 atom stereocenters. The second-order valence-electron chi connectivity index (χ2n) is 6.91. The number of thiazole rings is 1. The molecule has 2 amide bonds. The first-order valence-electron chi connectivity index (χ1n) is 9.52. The molecule has 152 valence electrons. The van der Waals surface area contributed by atoms with E-state index in [-0.39, 0.29) is 18.2 Å². The number of amides is 2. The maximum atomic E-state index is 12.4. The van der Waals surface area contributed by atoms with E-state index in [0.29, 0.717) is 11.6 Å². The van der Waals surface area contributed by atoms with Crippen LogP contribution in [0.15, 0.2) is 29.6 Å². The number of carbonyl (C=O) groups excluding carboxylic acids is 2. The fourth-order valence-corrected chi connectivity index (χ4v) is 3.77. The molecule has 0 spiro atoms. The number of nitrogens with zero attached hydrogens (tertiary/aromatic N) is 3. The van der Waals surface area contributed by atoms with Crippen molar-refractivity contribution in [1.29, 1.82) is 0 Å². The molecule has 2 N–H and O–H groups in total. The predicted octanol–water partition coefficient (Wildman–Crippen LogP) is 4.08. The Morgan fingerprint density at radius 2 is 1.83 bits per heavy atom. The molecule has 0 saturated heterocycles. The molecule has 0 bridgehead atoms. The number of benzene rings is 1. The van der Waals surface area contributed by atoms with Gasteiger partial charge in [0.1, 0.15) is 0 Å². The summed E-state index contributed by atoms with van der Waals surface area (Å²) in [5, 5.41) is 12.5. The molecular formula is C21H25N5O2S. The molecule has 0 fully saturated rings. The van der Waals surface area contributed by atoms with Crippen molar-refractivity contribution >= 4 is 34.0 Å². The van der Waals surface area contributed by atoms with E-state index in [1.54, 1.807) is 4.68 Å². The van der Waals surface area contributed by atoms with Gasteiger partial charge in [0.05, 0.1) is 17.8 Å². The zero-order valence-corrected chi connectivity index (χ0v) is 17.9. The van der Waals surface area contributed by atoms with Crippen molar-refractivity contribution in [1.82, 2.24) is 14.8 Å². The first-order valence-corrected chi connectivity index (χ1v) is 10.4. The lowest BCUT2D eigenvalue weighted by Crippen LogP contribution is -2.15. The van der Waals surface area contributed by atoms with Crippen molar-refractivity contribution < 1.29 is 9.59 Å². The van der Waals surface area contributed by atoms with Gasteiger partial charge in [0, 0.05) is 41.4 Å². The fourth-order valence-electron chi connectivity index (χ4n) is 3.04. The van der Waals surface area contributed by atoms with E-state index < -0.39 is 0 Å². The van der Waals surface area contributed by atoms with Crippen LogP contribution in [0.25, 0.3) is 11.3 Å². The average molecular weight is 412 g/mol. The van der Waals surface area contributed by atoms with Crippen molar-refractivity contribution in [2.45, 2.75) is 40.0 Å². The van der Waals surface area contributed by atoms with Crippen LogP contribution >= 0.6 is 11.3 Å². The third-order valence-corrected chi connectivity index (χ3v) is 5.45. The second kappa shape index (κ2) is 9.00. The smallest absolute Gasteiger partial charge is 0.230 e. The Hall–Kier alpha value is -3.00. The van der Waals surface area contributed by atoms with Gasteiger partial charge in [-0.05, 0) is 32.4 Å². The number of nitrogens with one attached hydrogen (secondary N) is 2. The zero-order valence-electron chi connectivity index (χ0n) is 17.1. The molecule has 7 nitrogen and oxygen atoms in total. The van der Waals surface area contributed by atoms with Gasteiger partial charge in [-0.15, -0.1) is 11.3 Å². The summed E-state index contributed by atoms with van der Waals surface area (Å²) in [6.07, 6.45) is 1.60. The SMILES string of the molecule is CCCC(=O)Nc1ccc(-c2csc(NC(=O)Cc3c(C)nn(C)c3C)n2)cc1. The summed E-state index contributed by atoms with van der Waals surface area (Å²) in [5.74, 6) is -0.0999. The maximum absolute atomic E-state index is 12.4. The fraction of sp³-hybridized carbons (Fsp3) is 0.333. The Bertz CT molecular complexity index is 1020. The highest BCUT2D eigenvalue weighted by atomic mass is 32.1. The van der Waals surface area contributed by atoms with Gasteiger partial charge in [-0.3, -0.25) is 14.3 Å². The van der Waals surface area contributed by atoms with E-state index in [1.165, 1.54) is 11.3 Å². The number of hydrogen-bond acceptors (Lipinski definition) is 5. The summed E-state index contributed by atoms with van der Waals surface area (Å²) in [6, 6.07) is 7.53. The lowest BCUT2D eigenvalue weighted by atomic mass is 10.1. The highest BCUT2D eigenvalue weighted by molar-refractivity contribution is 7.14. The standard InChI is InChI=1S/C21H25N5O2S/c1-5-6-19(27)22-16-9-7-15(8-10-16)18-12-29-21(23-18)24-20(28)11-17-13(2)25-26(4)14(17)3/h7-10,12H,5-6,11H2,1-4H3,(H,22,27)(H,23,24,28). The van der Waals surface area contributed by atoms with Crippen molar-refractivity contribution in [2.24, 2.45) is 7.05 Å². The molecule has 8 heteroatoms. The van der Waals surface area contributed by atoms with Gasteiger partial charge >= 0.3 is 0 Å². The highest BCUT2D eigenvalue weighted by Crippen LogP contribution is 2.26. The number of aromatic nitrogens is 3. The van der Waals surface area contributed by atoms with Gasteiger partial charge in [-0.1, -0.05) is 19.1 Å². The van der Waals surface area contributed by atoms with Crippen LogP contribution in [0.1, 0.15) is 36.7 Å². The number of anilines is 2. The third kappa shape index (κ3) is 5.08. The van der Waals surface area contributed by atoms with Gasteiger partial charge in [0.2, 0.25) is 11.8 Å². The zero-order chi connectivity index (χ0) is 21.0. The van der Waals surface area contributed by atoms with Crippen LogP contribution in [-0.4, -0.2) is 26.6 Å². The first-order chi connectivity index (χ1) is 13.9. The molecule has 0 aliphatic carbocycles. The molecule has 0 unspecified atom stereocenters. The molecule has 2 heterocycles. The van der Waals surface area contributed by atoms with E-state index >= 15 is 0 Å².